The number of benzene rings is 2. The molecule has 5 atom stereocenters. The van der Waals surface area contributed by atoms with E-state index in [0.29, 0.717) is 48.0 Å². The van der Waals surface area contributed by atoms with E-state index in [1.54, 1.807) is 12.3 Å². The quantitative estimate of drug-likeness (QED) is 0.481. The zero-order valence-electron chi connectivity index (χ0n) is 20.5. The number of phenols is 1. The molecule has 36 heavy (non-hydrogen) atoms. The van der Waals surface area contributed by atoms with Crippen molar-refractivity contribution < 1.29 is 18.7 Å². The van der Waals surface area contributed by atoms with Crippen molar-refractivity contribution in [3.63, 3.8) is 0 Å². The predicted molar refractivity (Wildman–Crippen MR) is 131 cm³/mol. The summed E-state index contributed by atoms with van der Waals surface area (Å²) < 4.78 is 28.7. The van der Waals surface area contributed by atoms with Crippen molar-refractivity contribution in [2.75, 3.05) is 0 Å². The van der Waals surface area contributed by atoms with Crippen molar-refractivity contribution in [1.29, 1.82) is 0 Å². The van der Waals surface area contributed by atoms with E-state index in [4.69, 9.17) is 0 Å². The third kappa shape index (κ3) is 3.84. The molecule has 2 aromatic carbocycles. The van der Waals surface area contributed by atoms with Gasteiger partial charge in [-0.05, 0) is 104 Å². The first-order valence-corrected chi connectivity index (χ1v) is 13.1. The summed E-state index contributed by atoms with van der Waals surface area (Å²) in [5, 5.41) is 18.2. The summed E-state index contributed by atoms with van der Waals surface area (Å²) in [6, 6.07) is 9.23. The molecule has 3 aromatic rings. The highest BCUT2D eigenvalue weighted by atomic mass is 19.1. The van der Waals surface area contributed by atoms with Crippen LogP contribution < -0.4 is 0 Å². The van der Waals surface area contributed by atoms with Gasteiger partial charge in [0.05, 0.1) is 11.9 Å². The first-order chi connectivity index (χ1) is 17.3. The molecule has 3 aliphatic rings. The zero-order chi connectivity index (χ0) is 25.0. The van der Waals surface area contributed by atoms with Crippen LogP contribution in [-0.2, 0) is 17.6 Å². The second-order valence-electron chi connectivity index (χ2n) is 11.2. The van der Waals surface area contributed by atoms with E-state index in [-0.39, 0.29) is 11.1 Å². The molecule has 0 amide bonds. The van der Waals surface area contributed by atoms with Crippen molar-refractivity contribution in [2.24, 2.45) is 23.2 Å². The average Bonchev–Trinajstić information content (AvgIpc) is 3.41. The number of fused-ring (bicyclic) bond motifs is 5. The predicted octanol–water partition coefficient (Wildman–Crippen LogP) is 5.93. The molecule has 5 nitrogen and oxygen atoms in total. The highest BCUT2D eigenvalue weighted by Gasteiger charge is 2.58. The van der Waals surface area contributed by atoms with E-state index in [9.17, 15) is 18.7 Å². The molecule has 2 saturated carbocycles. The van der Waals surface area contributed by atoms with Gasteiger partial charge in [-0.2, -0.15) is 0 Å². The van der Waals surface area contributed by atoms with Gasteiger partial charge in [0.15, 0.2) is 5.82 Å². The lowest BCUT2D eigenvalue weighted by molar-refractivity contribution is -0.129. The number of rotatable bonds is 5. The van der Waals surface area contributed by atoms with Gasteiger partial charge in [-0.3, -0.25) is 4.79 Å². The van der Waals surface area contributed by atoms with Gasteiger partial charge >= 0.3 is 0 Å². The summed E-state index contributed by atoms with van der Waals surface area (Å²) in [7, 11) is 0. The molecule has 1 N–H and O–H groups in total. The van der Waals surface area contributed by atoms with Gasteiger partial charge in [-0.15, -0.1) is 5.10 Å². The molecule has 0 unspecified atom stereocenters. The van der Waals surface area contributed by atoms with Crippen LogP contribution in [0.1, 0.15) is 68.2 Å². The number of Topliss-reactive ketones (excluding diaryl/α,β-unsaturated/α-hetero) is 1. The number of ketones is 1. The van der Waals surface area contributed by atoms with Crippen molar-refractivity contribution in [3.8, 4) is 11.4 Å². The Balaban J connectivity index is 1.16. The van der Waals surface area contributed by atoms with Crippen LogP contribution in [0.2, 0.25) is 0 Å². The van der Waals surface area contributed by atoms with Crippen molar-refractivity contribution in [2.45, 2.75) is 64.2 Å². The summed E-state index contributed by atoms with van der Waals surface area (Å²) >= 11 is 0. The third-order valence-corrected chi connectivity index (χ3v) is 9.26. The molecule has 7 heteroatoms. The lowest BCUT2D eigenvalue weighted by Gasteiger charge is -2.50. The minimum atomic E-state index is -0.675. The Bertz CT molecular complexity index is 1320. The fraction of sp³-hybridized carbons (Fsp3) is 0.483. The molecule has 1 heterocycles. The lowest BCUT2D eigenvalue weighted by Crippen LogP contribution is -2.44. The van der Waals surface area contributed by atoms with Gasteiger partial charge in [0.1, 0.15) is 23.0 Å². The van der Waals surface area contributed by atoms with Crippen LogP contribution in [0, 0.1) is 34.8 Å². The number of aryl methyl sites for hydroxylation is 2. The average molecular weight is 492 g/mol. The summed E-state index contributed by atoms with van der Waals surface area (Å²) in [5.41, 5.74) is 3.34. The zero-order valence-corrected chi connectivity index (χ0v) is 20.5. The fourth-order valence-corrected chi connectivity index (χ4v) is 7.64. The fourth-order valence-electron chi connectivity index (χ4n) is 7.64. The van der Waals surface area contributed by atoms with Crippen LogP contribution in [0.3, 0.4) is 0 Å². The second kappa shape index (κ2) is 8.79. The number of phenolic OH excluding ortho intramolecular Hbond substituents is 1. The minimum absolute atomic E-state index is 0.173. The van der Waals surface area contributed by atoms with Gasteiger partial charge in [0.25, 0.3) is 0 Å². The molecule has 6 rings (SSSR count). The molecule has 0 radical (unpaired) electrons. The largest absolute Gasteiger partial charge is 0.508 e. The van der Waals surface area contributed by atoms with E-state index in [0.717, 1.165) is 50.3 Å². The summed E-state index contributed by atoms with van der Waals surface area (Å²) in [6.07, 6.45) is 8.90. The molecule has 0 spiro atoms. The topological polar surface area (TPSA) is 68.0 Å². The number of carbonyl (C=O) groups is 1. The molecule has 188 valence electrons. The first-order valence-electron chi connectivity index (χ1n) is 13.1. The van der Waals surface area contributed by atoms with Crippen LogP contribution in [-0.4, -0.2) is 25.9 Å². The number of nitrogens with zero attached hydrogens (tertiary/aromatic N) is 3. The molecular weight excluding hydrogens is 460 g/mol. The molecule has 1 aromatic heterocycles. The van der Waals surface area contributed by atoms with E-state index < -0.39 is 11.6 Å². The number of hydrogen-bond acceptors (Lipinski definition) is 4. The van der Waals surface area contributed by atoms with E-state index >= 15 is 0 Å². The number of aromatic hydroxyl groups is 1. The maximum absolute atomic E-state index is 14.1. The smallest absolute Gasteiger partial charge is 0.151 e. The van der Waals surface area contributed by atoms with E-state index in [1.165, 1.54) is 27.9 Å². The van der Waals surface area contributed by atoms with Gasteiger partial charge in [0.2, 0.25) is 0 Å². The molecule has 3 aliphatic carbocycles. The Hall–Kier alpha value is -3.09. The monoisotopic (exact) mass is 491 g/mol. The van der Waals surface area contributed by atoms with Gasteiger partial charge in [-0.1, -0.05) is 18.2 Å². The Kier molecular flexibility index (Phi) is 5.69. The Morgan fingerprint density at radius 3 is 2.86 bits per heavy atom. The van der Waals surface area contributed by atoms with Crippen molar-refractivity contribution in [1.82, 2.24) is 15.0 Å². The highest BCUT2D eigenvalue weighted by Crippen LogP contribution is 2.62. The Labute approximate surface area is 209 Å². The number of halogens is 2. The van der Waals surface area contributed by atoms with Crippen LogP contribution >= 0.6 is 0 Å². The van der Waals surface area contributed by atoms with E-state index in [2.05, 4.69) is 23.3 Å². The van der Waals surface area contributed by atoms with Gasteiger partial charge in [0, 0.05) is 17.9 Å². The van der Waals surface area contributed by atoms with Crippen molar-refractivity contribution >= 4 is 5.78 Å². The second-order valence-corrected chi connectivity index (χ2v) is 11.2. The van der Waals surface area contributed by atoms with Crippen LogP contribution in [0.15, 0.2) is 42.6 Å². The SMILES string of the molecule is C[C@]12CC[C@@H]3c4ccc(O)cc4CC[C@H]3[C@@H]1[C@H](CCCc1cn(-c3ccc(F)cc3F)nn1)CC2=O. The molecular formula is C29H31F2N3O2. The Morgan fingerprint density at radius 1 is 1.17 bits per heavy atom. The molecule has 0 bridgehead atoms. The van der Waals surface area contributed by atoms with Gasteiger partial charge < -0.3 is 5.11 Å². The van der Waals surface area contributed by atoms with Crippen LogP contribution in [0.4, 0.5) is 8.78 Å². The van der Waals surface area contributed by atoms with Crippen LogP contribution in [0.5, 0.6) is 5.75 Å². The normalized spacial score (nSPS) is 29.0. The highest BCUT2D eigenvalue weighted by molar-refractivity contribution is 5.87. The number of carbonyl (C=O) groups excluding carboxylic acids is 1. The summed E-state index contributed by atoms with van der Waals surface area (Å²) in [6.45, 7) is 2.20. The summed E-state index contributed by atoms with van der Waals surface area (Å²) in [5.74, 6) is 1.16. The standard InChI is InChI=1S/C29H31F2N3O2/c1-29-12-11-23-22-9-7-21(35)13-17(22)5-8-24(23)28(29)18(14-27(29)36)3-2-4-20-16-34(33-32-20)26-10-6-19(30)15-25(26)31/h6-7,9-10,13,15-16,18,23-24,28,35H,2-5,8,11-12,14H2,1H3/t18-,23-,24-,28+,29-/m1/s1. The van der Waals surface area contributed by atoms with Crippen molar-refractivity contribution in [3.05, 3.63) is 71.1 Å². The minimum Gasteiger partial charge on any atom is -0.508 e. The maximum atomic E-state index is 14.1. The molecule has 0 aliphatic heterocycles. The Morgan fingerprint density at radius 2 is 2.03 bits per heavy atom. The maximum Gasteiger partial charge on any atom is 0.151 e. The first kappa shape index (κ1) is 23.3. The van der Waals surface area contributed by atoms with Crippen LogP contribution in [0.25, 0.3) is 5.69 Å². The summed E-state index contributed by atoms with van der Waals surface area (Å²) in [4.78, 5) is 13.2. The third-order valence-electron chi connectivity index (χ3n) is 9.26. The molecule has 0 saturated heterocycles. The van der Waals surface area contributed by atoms with Gasteiger partial charge in [-0.25, -0.2) is 13.5 Å². The van der Waals surface area contributed by atoms with E-state index in [1.807, 2.05) is 6.07 Å². The lowest BCUT2D eigenvalue weighted by atomic mass is 9.54. The molecule has 2 fully saturated rings. The number of hydrogen-bond donors (Lipinski definition) is 1. The number of aromatic nitrogens is 3.